The highest BCUT2D eigenvalue weighted by Gasteiger charge is 2.25. The van der Waals surface area contributed by atoms with E-state index in [2.05, 4.69) is 45.3 Å². The Labute approximate surface area is 107 Å². The third-order valence-corrected chi connectivity index (χ3v) is 3.52. The summed E-state index contributed by atoms with van der Waals surface area (Å²) in [5.74, 6) is 1.39. The van der Waals surface area contributed by atoms with Gasteiger partial charge in [0.2, 0.25) is 11.9 Å². The number of rotatable bonds is 4. The fraction of sp³-hybridized carbons (Fsp3) is 0.727. The largest absolute Gasteiger partial charge is 0.351 e. The summed E-state index contributed by atoms with van der Waals surface area (Å²) in [7, 11) is 0. The van der Waals surface area contributed by atoms with Gasteiger partial charge in [-0.3, -0.25) is 4.31 Å². The predicted octanol–water partition coefficient (Wildman–Crippen LogP) is 2.33. The van der Waals surface area contributed by atoms with E-state index in [4.69, 9.17) is 0 Å². The molecule has 2 rings (SSSR count). The van der Waals surface area contributed by atoms with Crippen molar-refractivity contribution in [2.24, 2.45) is 0 Å². The molecule has 1 aliphatic carbocycles. The van der Waals surface area contributed by atoms with Crippen molar-refractivity contribution in [3.63, 3.8) is 0 Å². The summed E-state index contributed by atoms with van der Waals surface area (Å²) in [6, 6.07) is 0.558. The van der Waals surface area contributed by atoms with Crippen molar-refractivity contribution in [1.29, 1.82) is 0 Å². The van der Waals surface area contributed by atoms with Gasteiger partial charge in [0.1, 0.15) is 6.33 Å². The van der Waals surface area contributed by atoms with Gasteiger partial charge in [0.05, 0.1) is 0 Å². The number of hydrogen-bond donors (Lipinski definition) is 1. The molecule has 1 aromatic heterocycles. The number of hydrogen-bond acceptors (Lipinski definition) is 6. The van der Waals surface area contributed by atoms with Gasteiger partial charge in [-0.25, -0.2) is 9.97 Å². The zero-order chi connectivity index (χ0) is 12.5. The molecule has 0 saturated heterocycles. The lowest BCUT2D eigenvalue weighted by molar-refractivity contribution is 0.580. The van der Waals surface area contributed by atoms with E-state index in [0.29, 0.717) is 17.9 Å². The molecule has 1 saturated carbocycles. The Morgan fingerprint density at radius 2 is 2.06 bits per heavy atom. The molecule has 0 radical (unpaired) electrons. The van der Waals surface area contributed by atoms with Gasteiger partial charge in [-0.2, -0.15) is 4.98 Å². The minimum absolute atomic E-state index is 0.0162. The van der Waals surface area contributed by atoms with Crippen LogP contribution in [0.25, 0.3) is 0 Å². The maximum atomic E-state index is 4.46. The smallest absolute Gasteiger partial charge is 0.240 e. The van der Waals surface area contributed by atoms with Gasteiger partial charge < -0.3 is 5.32 Å². The van der Waals surface area contributed by atoms with Crippen LogP contribution in [0.1, 0.15) is 33.6 Å². The molecule has 0 amide bonds. The molecule has 5 nitrogen and oxygen atoms in total. The molecule has 0 aliphatic heterocycles. The maximum absolute atomic E-state index is 4.46. The Hall–Kier alpha value is -1.04. The summed E-state index contributed by atoms with van der Waals surface area (Å²) >= 11 is 1.63. The summed E-state index contributed by atoms with van der Waals surface area (Å²) in [6.45, 7) is 6.42. The second kappa shape index (κ2) is 4.68. The Morgan fingerprint density at radius 3 is 2.59 bits per heavy atom. The van der Waals surface area contributed by atoms with Crippen molar-refractivity contribution < 1.29 is 0 Å². The monoisotopic (exact) mass is 253 g/mol. The first kappa shape index (κ1) is 12.4. The highest BCUT2D eigenvalue weighted by molar-refractivity contribution is 8.00. The Morgan fingerprint density at radius 1 is 1.35 bits per heavy atom. The molecule has 6 heteroatoms. The van der Waals surface area contributed by atoms with Gasteiger partial charge in [-0.05, 0) is 33.6 Å². The lowest BCUT2D eigenvalue weighted by atomic mass is 10.1. The summed E-state index contributed by atoms with van der Waals surface area (Å²) < 4.78 is 2.09. The topological polar surface area (TPSA) is 53.9 Å². The van der Waals surface area contributed by atoms with Crippen LogP contribution in [0.4, 0.5) is 11.9 Å². The Kier molecular flexibility index (Phi) is 3.42. The number of nitrogens with zero attached hydrogens (tertiary/aromatic N) is 4. The van der Waals surface area contributed by atoms with Gasteiger partial charge in [-0.1, -0.05) is 11.9 Å². The van der Waals surface area contributed by atoms with Crippen molar-refractivity contribution in [2.45, 2.75) is 45.2 Å². The van der Waals surface area contributed by atoms with Crippen molar-refractivity contribution in [3.8, 4) is 0 Å². The normalized spacial score (nSPS) is 15.8. The Bertz CT molecular complexity index is 386. The van der Waals surface area contributed by atoms with Crippen LogP contribution in [0.15, 0.2) is 6.33 Å². The molecular weight excluding hydrogens is 234 g/mol. The molecule has 1 N–H and O–H groups in total. The molecule has 1 aromatic rings. The van der Waals surface area contributed by atoms with Crippen molar-refractivity contribution in [2.75, 3.05) is 15.9 Å². The fourth-order valence-electron chi connectivity index (χ4n) is 1.52. The summed E-state index contributed by atoms with van der Waals surface area (Å²) in [5, 5.41) is 3.29. The number of anilines is 2. The van der Waals surface area contributed by atoms with E-state index < -0.39 is 0 Å². The van der Waals surface area contributed by atoms with Crippen LogP contribution in [0, 0.1) is 0 Å². The molecule has 0 aromatic carbocycles. The molecule has 0 unspecified atom stereocenters. The molecule has 0 spiro atoms. The maximum Gasteiger partial charge on any atom is 0.240 e. The molecule has 94 valence electrons. The molecule has 0 atom stereocenters. The van der Waals surface area contributed by atoms with Crippen molar-refractivity contribution in [3.05, 3.63) is 6.33 Å². The average molecular weight is 253 g/mol. The van der Waals surface area contributed by atoms with E-state index in [-0.39, 0.29) is 5.54 Å². The van der Waals surface area contributed by atoms with Crippen molar-refractivity contribution in [1.82, 2.24) is 15.0 Å². The number of nitrogens with one attached hydrogen (secondary N) is 1. The van der Waals surface area contributed by atoms with Gasteiger partial charge >= 0.3 is 0 Å². The number of aromatic nitrogens is 3. The molecule has 17 heavy (non-hydrogen) atoms. The minimum Gasteiger partial charge on any atom is -0.351 e. The van der Waals surface area contributed by atoms with E-state index >= 15 is 0 Å². The summed E-state index contributed by atoms with van der Waals surface area (Å²) in [5.41, 5.74) is -0.0162. The van der Waals surface area contributed by atoms with Crippen LogP contribution < -0.4 is 9.62 Å². The van der Waals surface area contributed by atoms with Crippen LogP contribution in [0.5, 0.6) is 0 Å². The van der Waals surface area contributed by atoms with Crippen LogP contribution in [0.2, 0.25) is 0 Å². The van der Waals surface area contributed by atoms with Crippen molar-refractivity contribution >= 4 is 23.8 Å². The standard InChI is InChI=1S/C11H19N5S/c1-11(2,3)16(17-4)10-13-7-12-9(15-10)14-8-5-6-8/h7-8H,5-6H2,1-4H3,(H,12,13,14,15). The quantitative estimate of drug-likeness (QED) is 0.831. The molecular formula is C11H19N5S. The third-order valence-electron chi connectivity index (χ3n) is 2.44. The summed E-state index contributed by atoms with van der Waals surface area (Å²) in [6.07, 6.45) is 6.03. The first-order valence-electron chi connectivity index (χ1n) is 5.80. The summed E-state index contributed by atoms with van der Waals surface area (Å²) in [4.78, 5) is 12.9. The van der Waals surface area contributed by atoms with E-state index in [9.17, 15) is 0 Å². The predicted molar refractivity (Wildman–Crippen MR) is 72.2 cm³/mol. The van der Waals surface area contributed by atoms with Gasteiger partial charge in [0, 0.05) is 17.8 Å². The van der Waals surface area contributed by atoms with E-state index in [1.165, 1.54) is 12.8 Å². The fourth-order valence-corrected chi connectivity index (χ4v) is 2.32. The lowest BCUT2D eigenvalue weighted by Gasteiger charge is -2.33. The van der Waals surface area contributed by atoms with Gasteiger partial charge in [0.15, 0.2) is 0 Å². The minimum atomic E-state index is -0.0162. The van der Waals surface area contributed by atoms with Gasteiger partial charge in [0.25, 0.3) is 0 Å². The third kappa shape index (κ3) is 3.21. The van der Waals surface area contributed by atoms with Crippen LogP contribution in [-0.4, -0.2) is 32.8 Å². The first-order chi connectivity index (χ1) is 8.00. The van der Waals surface area contributed by atoms with E-state index in [1.54, 1.807) is 18.3 Å². The molecule has 1 fully saturated rings. The van der Waals surface area contributed by atoms with E-state index in [0.717, 1.165) is 0 Å². The highest BCUT2D eigenvalue weighted by atomic mass is 32.2. The van der Waals surface area contributed by atoms with E-state index in [1.807, 2.05) is 6.26 Å². The van der Waals surface area contributed by atoms with Crippen LogP contribution in [-0.2, 0) is 0 Å². The lowest BCUT2D eigenvalue weighted by Crippen LogP contribution is -2.37. The van der Waals surface area contributed by atoms with Gasteiger partial charge in [-0.15, -0.1) is 0 Å². The second-order valence-electron chi connectivity index (χ2n) is 5.18. The first-order valence-corrected chi connectivity index (χ1v) is 6.99. The second-order valence-corrected chi connectivity index (χ2v) is 5.91. The highest BCUT2D eigenvalue weighted by Crippen LogP contribution is 2.28. The molecule has 1 aliphatic rings. The van der Waals surface area contributed by atoms with Crippen LogP contribution >= 0.6 is 11.9 Å². The molecule has 1 heterocycles. The molecule has 0 bridgehead atoms. The zero-order valence-electron chi connectivity index (χ0n) is 10.8. The van der Waals surface area contributed by atoms with Crippen LogP contribution in [0.3, 0.4) is 0 Å². The SMILES string of the molecule is CSN(c1ncnc(NC2CC2)n1)C(C)(C)C. The zero-order valence-corrected chi connectivity index (χ0v) is 11.6. The average Bonchev–Trinajstić information content (AvgIpc) is 3.01. The Balaban J connectivity index is 2.18.